The maximum Gasteiger partial charge on any atom is 0.0211 e. The predicted molar refractivity (Wildman–Crippen MR) is 74.4 cm³/mol. The van der Waals surface area contributed by atoms with Gasteiger partial charge in [-0.2, -0.15) is 0 Å². The fraction of sp³-hybridized carbons (Fsp3) is 0.647. The van der Waals surface area contributed by atoms with Gasteiger partial charge in [-0.15, -0.1) is 0 Å². The lowest BCUT2D eigenvalue weighted by molar-refractivity contribution is 0.456. The SMILES string of the molecule is Cc1cccc(CNC2C3C4CCC(C4)C23)c1C. The van der Waals surface area contributed by atoms with E-state index in [2.05, 4.69) is 37.4 Å². The van der Waals surface area contributed by atoms with Crippen LogP contribution in [0.1, 0.15) is 36.0 Å². The Hall–Kier alpha value is -0.820. The molecule has 0 spiro atoms. The van der Waals surface area contributed by atoms with E-state index < -0.39 is 0 Å². The second-order valence-electron chi connectivity index (χ2n) is 6.75. The van der Waals surface area contributed by atoms with Crippen LogP contribution in [0.15, 0.2) is 18.2 Å². The standard InChI is InChI=1S/C17H23N/c1-10-4-3-5-14(11(10)2)9-18-17-15-12-6-7-13(8-12)16(15)17/h3-5,12-13,15-18H,6-9H2,1-2H3. The fourth-order valence-electron chi connectivity index (χ4n) is 4.83. The minimum absolute atomic E-state index is 0.858. The smallest absolute Gasteiger partial charge is 0.0211 e. The zero-order chi connectivity index (χ0) is 12.3. The average Bonchev–Trinajstić information content (AvgIpc) is 2.77. The summed E-state index contributed by atoms with van der Waals surface area (Å²) < 4.78 is 0. The fourth-order valence-corrected chi connectivity index (χ4v) is 4.83. The zero-order valence-corrected chi connectivity index (χ0v) is 11.4. The van der Waals surface area contributed by atoms with Crippen molar-refractivity contribution in [2.24, 2.45) is 23.7 Å². The third-order valence-electron chi connectivity index (χ3n) is 5.98. The van der Waals surface area contributed by atoms with Crippen LogP contribution in [0.4, 0.5) is 0 Å². The first-order valence-electron chi connectivity index (χ1n) is 7.54. The van der Waals surface area contributed by atoms with Crippen molar-refractivity contribution in [1.29, 1.82) is 0 Å². The summed E-state index contributed by atoms with van der Waals surface area (Å²) in [6, 6.07) is 7.54. The van der Waals surface area contributed by atoms with Crippen LogP contribution in [0.3, 0.4) is 0 Å². The van der Waals surface area contributed by atoms with E-state index in [9.17, 15) is 0 Å². The molecule has 2 bridgehead atoms. The molecule has 1 nitrogen and oxygen atoms in total. The van der Waals surface area contributed by atoms with Crippen molar-refractivity contribution in [3.63, 3.8) is 0 Å². The minimum atomic E-state index is 0.858. The largest absolute Gasteiger partial charge is 0.309 e. The predicted octanol–water partition coefficient (Wildman–Crippen LogP) is 3.44. The zero-order valence-electron chi connectivity index (χ0n) is 11.4. The van der Waals surface area contributed by atoms with Crippen molar-refractivity contribution in [2.75, 3.05) is 0 Å². The maximum absolute atomic E-state index is 3.84. The van der Waals surface area contributed by atoms with Crippen LogP contribution in [0.5, 0.6) is 0 Å². The third-order valence-corrected chi connectivity index (χ3v) is 5.98. The normalized spacial score (nSPS) is 40.0. The number of hydrogen-bond acceptors (Lipinski definition) is 1. The number of fused-ring (bicyclic) bond motifs is 5. The van der Waals surface area contributed by atoms with Gasteiger partial charge in [-0.1, -0.05) is 18.2 Å². The molecule has 4 atom stereocenters. The Morgan fingerprint density at radius 2 is 1.83 bits per heavy atom. The van der Waals surface area contributed by atoms with E-state index in [1.165, 1.54) is 29.5 Å². The van der Waals surface area contributed by atoms with Crippen molar-refractivity contribution in [3.8, 4) is 0 Å². The monoisotopic (exact) mass is 241 g/mol. The van der Waals surface area contributed by atoms with Gasteiger partial charge in [-0.05, 0) is 73.5 Å². The van der Waals surface area contributed by atoms with Crippen LogP contribution in [0.25, 0.3) is 0 Å². The molecule has 1 aromatic carbocycles. The van der Waals surface area contributed by atoms with Crippen LogP contribution < -0.4 is 5.32 Å². The molecule has 3 saturated carbocycles. The molecule has 0 aliphatic heterocycles. The van der Waals surface area contributed by atoms with E-state index in [0.717, 1.165) is 36.3 Å². The van der Waals surface area contributed by atoms with Gasteiger partial charge in [-0.3, -0.25) is 0 Å². The summed E-state index contributed by atoms with van der Waals surface area (Å²) >= 11 is 0. The van der Waals surface area contributed by atoms with Gasteiger partial charge >= 0.3 is 0 Å². The minimum Gasteiger partial charge on any atom is -0.309 e. The van der Waals surface area contributed by atoms with Crippen molar-refractivity contribution in [1.82, 2.24) is 5.32 Å². The van der Waals surface area contributed by atoms with Gasteiger partial charge in [-0.25, -0.2) is 0 Å². The molecule has 0 aromatic heterocycles. The molecule has 4 unspecified atom stereocenters. The quantitative estimate of drug-likeness (QED) is 0.855. The lowest BCUT2D eigenvalue weighted by Gasteiger charge is -2.13. The van der Waals surface area contributed by atoms with E-state index in [1.54, 1.807) is 6.42 Å². The molecule has 0 saturated heterocycles. The summed E-state index contributed by atoms with van der Waals surface area (Å²) in [7, 11) is 0. The summed E-state index contributed by atoms with van der Waals surface area (Å²) in [5, 5.41) is 3.84. The Labute approximate surface area is 110 Å². The third kappa shape index (κ3) is 1.50. The molecule has 3 fully saturated rings. The Kier molecular flexibility index (Phi) is 2.35. The molecule has 3 aliphatic rings. The molecule has 96 valence electrons. The van der Waals surface area contributed by atoms with Gasteiger partial charge in [0.1, 0.15) is 0 Å². The van der Waals surface area contributed by atoms with E-state index in [4.69, 9.17) is 0 Å². The van der Waals surface area contributed by atoms with Gasteiger partial charge in [0, 0.05) is 12.6 Å². The van der Waals surface area contributed by atoms with Gasteiger partial charge < -0.3 is 5.32 Å². The average molecular weight is 241 g/mol. The Morgan fingerprint density at radius 1 is 1.11 bits per heavy atom. The van der Waals surface area contributed by atoms with Gasteiger partial charge in [0.15, 0.2) is 0 Å². The van der Waals surface area contributed by atoms with Crippen LogP contribution in [-0.2, 0) is 6.54 Å². The number of aryl methyl sites for hydroxylation is 1. The Bertz CT molecular complexity index is 462. The molecular weight excluding hydrogens is 218 g/mol. The second kappa shape index (κ2) is 3.84. The van der Waals surface area contributed by atoms with Crippen molar-refractivity contribution in [2.45, 2.75) is 45.7 Å². The molecule has 1 N–H and O–H groups in total. The highest BCUT2D eigenvalue weighted by molar-refractivity contribution is 5.33. The first-order chi connectivity index (χ1) is 8.75. The van der Waals surface area contributed by atoms with Crippen LogP contribution in [0.2, 0.25) is 0 Å². The number of hydrogen-bond donors (Lipinski definition) is 1. The molecule has 0 amide bonds. The number of rotatable bonds is 3. The highest BCUT2D eigenvalue weighted by atomic mass is 15.0. The highest BCUT2D eigenvalue weighted by Gasteiger charge is 2.64. The molecule has 0 radical (unpaired) electrons. The summed E-state index contributed by atoms with van der Waals surface area (Å²) in [5.41, 5.74) is 4.39. The first kappa shape index (κ1) is 11.0. The van der Waals surface area contributed by atoms with Crippen LogP contribution in [0, 0.1) is 37.5 Å². The van der Waals surface area contributed by atoms with Crippen molar-refractivity contribution in [3.05, 3.63) is 34.9 Å². The van der Waals surface area contributed by atoms with E-state index in [-0.39, 0.29) is 0 Å². The first-order valence-corrected chi connectivity index (χ1v) is 7.54. The van der Waals surface area contributed by atoms with E-state index in [0.29, 0.717) is 0 Å². The van der Waals surface area contributed by atoms with Crippen molar-refractivity contribution < 1.29 is 0 Å². The molecular formula is C17H23N. The molecule has 3 aliphatic carbocycles. The Morgan fingerprint density at radius 3 is 2.56 bits per heavy atom. The maximum atomic E-state index is 3.84. The summed E-state index contributed by atoms with van der Waals surface area (Å²) in [4.78, 5) is 0. The Balaban J connectivity index is 1.42. The van der Waals surface area contributed by atoms with Gasteiger partial charge in [0.05, 0.1) is 0 Å². The summed E-state index contributed by atoms with van der Waals surface area (Å²) in [5.74, 6) is 4.26. The molecule has 18 heavy (non-hydrogen) atoms. The second-order valence-corrected chi connectivity index (χ2v) is 6.75. The van der Waals surface area contributed by atoms with Crippen LogP contribution >= 0.6 is 0 Å². The topological polar surface area (TPSA) is 12.0 Å². The highest BCUT2D eigenvalue weighted by Crippen LogP contribution is 2.65. The van der Waals surface area contributed by atoms with Gasteiger partial charge in [0.25, 0.3) is 0 Å². The molecule has 1 heteroatoms. The molecule has 4 rings (SSSR count). The van der Waals surface area contributed by atoms with Crippen LogP contribution in [-0.4, -0.2) is 6.04 Å². The lowest BCUT2D eigenvalue weighted by atomic mass is 10.0. The van der Waals surface area contributed by atoms with Crippen molar-refractivity contribution >= 4 is 0 Å². The number of benzene rings is 1. The summed E-state index contributed by atoms with van der Waals surface area (Å²) in [6.45, 7) is 5.54. The van der Waals surface area contributed by atoms with E-state index in [1.807, 2.05) is 0 Å². The molecule has 0 heterocycles. The lowest BCUT2D eigenvalue weighted by Crippen LogP contribution is -2.23. The van der Waals surface area contributed by atoms with E-state index >= 15 is 0 Å². The molecule has 1 aromatic rings. The summed E-state index contributed by atoms with van der Waals surface area (Å²) in [6.07, 6.45) is 4.60. The number of nitrogens with one attached hydrogen (secondary N) is 1. The van der Waals surface area contributed by atoms with Gasteiger partial charge in [0.2, 0.25) is 0 Å².